The van der Waals surface area contributed by atoms with E-state index in [0.29, 0.717) is 29.6 Å². The average Bonchev–Trinajstić information content (AvgIpc) is 2.69. The Morgan fingerprint density at radius 3 is 2.64 bits per heavy atom. The number of aryl methyl sites for hydroxylation is 1. The van der Waals surface area contributed by atoms with E-state index in [-0.39, 0.29) is 36.0 Å². The fraction of sp³-hybridized carbons (Fsp3) is 0.571. The number of aromatic nitrogens is 2. The second kappa shape index (κ2) is 10.0. The molecule has 1 aromatic carbocycles. The van der Waals surface area contributed by atoms with Crippen LogP contribution in [0.3, 0.4) is 0 Å². The summed E-state index contributed by atoms with van der Waals surface area (Å²) in [5.74, 6) is -0.113. The number of piperidine rings is 1. The molecule has 1 aromatic heterocycles. The van der Waals surface area contributed by atoms with Gasteiger partial charge in [0, 0.05) is 30.6 Å². The minimum atomic E-state index is -0.124. The number of hydrogen-bond acceptors (Lipinski definition) is 4. The molecule has 0 saturated carbocycles. The molecule has 28 heavy (non-hydrogen) atoms. The summed E-state index contributed by atoms with van der Waals surface area (Å²) in [6, 6.07) is 7.22. The van der Waals surface area contributed by atoms with Crippen molar-refractivity contribution >= 4 is 29.1 Å². The molecule has 2 N–H and O–H groups in total. The quantitative estimate of drug-likeness (QED) is 0.746. The Hall–Kier alpha value is -1.92. The molecule has 2 unspecified atom stereocenters. The zero-order chi connectivity index (χ0) is 19.4. The van der Waals surface area contributed by atoms with Crippen molar-refractivity contribution in [1.29, 1.82) is 0 Å². The molecule has 1 fully saturated rings. The van der Waals surface area contributed by atoms with Crippen LogP contribution in [0.2, 0.25) is 0 Å². The number of benzene rings is 1. The van der Waals surface area contributed by atoms with Gasteiger partial charge >= 0.3 is 0 Å². The minimum absolute atomic E-state index is 0. The van der Waals surface area contributed by atoms with Crippen molar-refractivity contribution in [2.45, 2.75) is 71.0 Å². The summed E-state index contributed by atoms with van der Waals surface area (Å²) in [6.45, 7) is 5.30. The van der Waals surface area contributed by atoms with Gasteiger partial charge < -0.3 is 10.6 Å². The number of carbonyl (C=O) groups is 1. The molecule has 1 saturated heterocycles. The molecule has 1 amide bonds. The molecule has 0 spiro atoms. The maximum Gasteiger partial charge on any atom is 0.275 e. The molecule has 0 radical (unpaired) electrons. The van der Waals surface area contributed by atoms with Crippen LogP contribution >= 0.6 is 12.4 Å². The Labute approximate surface area is 172 Å². The average molecular weight is 407 g/mol. The molecular formula is C21H31ClN4O2. The number of hydrogen-bond donors (Lipinski definition) is 1. The normalized spacial score (nSPS) is 18.0. The van der Waals surface area contributed by atoms with Crippen LogP contribution in [-0.2, 0) is 6.54 Å². The number of halogens is 1. The van der Waals surface area contributed by atoms with Crippen molar-refractivity contribution in [3.05, 3.63) is 40.3 Å². The molecular weight excluding hydrogens is 376 g/mol. The first-order valence-corrected chi connectivity index (χ1v) is 10.1. The van der Waals surface area contributed by atoms with Crippen molar-refractivity contribution in [1.82, 2.24) is 14.7 Å². The summed E-state index contributed by atoms with van der Waals surface area (Å²) in [5.41, 5.74) is 6.40. The highest BCUT2D eigenvalue weighted by Gasteiger charge is 2.32. The summed E-state index contributed by atoms with van der Waals surface area (Å²) >= 11 is 0. The van der Waals surface area contributed by atoms with E-state index >= 15 is 0 Å². The van der Waals surface area contributed by atoms with Crippen molar-refractivity contribution in [3.63, 3.8) is 0 Å². The highest BCUT2D eigenvalue weighted by atomic mass is 35.5. The standard InChI is InChI=1S/C21H30N4O2.ClH/c1-3-4-8-14-25-20(26)17-11-6-5-10-16(17)19(23-25)21(27)24-13-9-7-12-18(24)15(2)22;/h5-6,10-11,15,18H,3-4,7-9,12-14,22H2,1-2H3;1H. The number of amides is 1. The van der Waals surface area contributed by atoms with Gasteiger partial charge in [-0.1, -0.05) is 38.0 Å². The van der Waals surface area contributed by atoms with E-state index < -0.39 is 0 Å². The zero-order valence-corrected chi connectivity index (χ0v) is 17.6. The number of nitrogens with zero attached hydrogens (tertiary/aromatic N) is 3. The van der Waals surface area contributed by atoms with Crippen molar-refractivity contribution < 1.29 is 4.79 Å². The van der Waals surface area contributed by atoms with Gasteiger partial charge in [-0.3, -0.25) is 9.59 Å². The van der Waals surface area contributed by atoms with E-state index in [1.165, 1.54) is 4.68 Å². The first-order valence-electron chi connectivity index (χ1n) is 10.1. The fourth-order valence-electron chi connectivity index (χ4n) is 3.95. The molecule has 3 rings (SSSR count). The molecule has 0 bridgehead atoms. The lowest BCUT2D eigenvalue weighted by atomic mass is 9.96. The highest BCUT2D eigenvalue weighted by molar-refractivity contribution is 6.04. The zero-order valence-electron chi connectivity index (χ0n) is 16.8. The second-order valence-electron chi connectivity index (χ2n) is 7.55. The molecule has 0 aliphatic carbocycles. The third kappa shape index (κ3) is 4.55. The van der Waals surface area contributed by atoms with Crippen LogP contribution in [0.1, 0.15) is 62.9 Å². The Morgan fingerprint density at radius 2 is 1.96 bits per heavy atom. The van der Waals surface area contributed by atoms with E-state index in [9.17, 15) is 9.59 Å². The van der Waals surface area contributed by atoms with Crippen LogP contribution in [-0.4, -0.2) is 39.2 Å². The molecule has 7 heteroatoms. The smallest absolute Gasteiger partial charge is 0.275 e. The van der Waals surface area contributed by atoms with Gasteiger partial charge in [-0.25, -0.2) is 4.68 Å². The van der Waals surface area contributed by atoms with Gasteiger partial charge in [0.05, 0.1) is 5.39 Å². The van der Waals surface area contributed by atoms with Crippen molar-refractivity contribution in [3.8, 4) is 0 Å². The van der Waals surface area contributed by atoms with Crippen LogP contribution in [0.25, 0.3) is 10.8 Å². The highest BCUT2D eigenvalue weighted by Crippen LogP contribution is 2.23. The molecule has 2 atom stereocenters. The van der Waals surface area contributed by atoms with Gasteiger partial charge in [-0.05, 0) is 38.7 Å². The van der Waals surface area contributed by atoms with Crippen LogP contribution < -0.4 is 11.3 Å². The third-order valence-corrected chi connectivity index (χ3v) is 5.46. The van der Waals surface area contributed by atoms with E-state index in [0.717, 1.165) is 38.5 Å². The van der Waals surface area contributed by atoms with Gasteiger partial charge in [-0.2, -0.15) is 5.10 Å². The Bertz CT molecular complexity index is 865. The van der Waals surface area contributed by atoms with Gasteiger partial charge in [0.1, 0.15) is 0 Å². The predicted molar refractivity (Wildman–Crippen MR) is 115 cm³/mol. The number of nitrogens with two attached hydrogens (primary N) is 1. The van der Waals surface area contributed by atoms with Gasteiger partial charge in [0.25, 0.3) is 11.5 Å². The molecule has 6 nitrogen and oxygen atoms in total. The summed E-state index contributed by atoms with van der Waals surface area (Å²) in [5, 5.41) is 5.70. The summed E-state index contributed by atoms with van der Waals surface area (Å²) in [6.07, 6.45) is 5.95. The maximum absolute atomic E-state index is 13.4. The monoisotopic (exact) mass is 406 g/mol. The molecule has 154 valence electrons. The maximum atomic E-state index is 13.4. The minimum Gasteiger partial charge on any atom is -0.333 e. The van der Waals surface area contributed by atoms with E-state index in [4.69, 9.17) is 5.73 Å². The van der Waals surface area contributed by atoms with Gasteiger partial charge in [-0.15, -0.1) is 12.4 Å². The lowest BCUT2D eigenvalue weighted by molar-refractivity contribution is 0.0577. The Morgan fingerprint density at radius 1 is 1.25 bits per heavy atom. The number of rotatable bonds is 6. The number of carbonyl (C=O) groups excluding carboxylic acids is 1. The van der Waals surface area contributed by atoms with Crippen LogP contribution in [0.15, 0.2) is 29.1 Å². The summed E-state index contributed by atoms with van der Waals surface area (Å²) < 4.78 is 1.47. The van der Waals surface area contributed by atoms with Gasteiger partial charge in [0.15, 0.2) is 5.69 Å². The van der Waals surface area contributed by atoms with E-state index in [1.807, 2.05) is 30.0 Å². The first kappa shape index (κ1) is 22.4. The number of likely N-dealkylation sites (tertiary alicyclic amines) is 1. The number of fused-ring (bicyclic) bond motifs is 1. The fourth-order valence-corrected chi connectivity index (χ4v) is 3.95. The lowest BCUT2D eigenvalue weighted by Gasteiger charge is -2.38. The third-order valence-electron chi connectivity index (χ3n) is 5.46. The van der Waals surface area contributed by atoms with Crippen LogP contribution in [0.5, 0.6) is 0 Å². The van der Waals surface area contributed by atoms with Crippen LogP contribution in [0.4, 0.5) is 0 Å². The Kier molecular flexibility index (Phi) is 8.01. The van der Waals surface area contributed by atoms with Crippen molar-refractivity contribution in [2.24, 2.45) is 5.73 Å². The topological polar surface area (TPSA) is 81.2 Å². The van der Waals surface area contributed by atoms with Gasteiger partial charge in [0.2, 0.25) is 0 Å². The number of unbranched alkanes of at least 4 members (excludes halogenated alkanes) is 2. The summed E-state index contributed by atoms with van der Waals surface area (Å²) in [7, 11) is 0. The second-order valence-corrected chi connectivity index (χ2v) is 7.55. The Balaban J connectivity index is 0.00000280. The molecule has 2 heterocycles. The first-order chi connectivity index (χ1) is 13.0. The van der Waals surface area contributed by atoms with E-state index in [2.05, 4.69) is 12.0 Å². The van der Waals surface area contributed by atoms with E-state index in [1.54, 1.807) is 6.07 Å². The largest absolute Gasteiger partial charge is 0.333 e. The summed E-state index contributed by atoms with van der Waals surface area (Å²) in [4.78, 5) is 28.1. The lowest BCUT2D eigenvalue weighted by Crippen LogP contribution is -2.52. The predicted octanol–water partition coefficient (Wildman–Crippen LogP) is 3.35. The molecule has 1 aliphatic rings. The SMILES string of the molecule is CCCCCn1nc(C(=O)N2CCCCC2C(C)N)c2ccccc2c1=O.Cl. The van der Waals surface area contributed by atoms with Crippen molar-refractivity contribution in [2.75, 3.05) is 6.54 Å². The van der Waals surface area contributed by atoms with Crippen LogP contribution in [0, 0.1) is 0 Å². The molecule has 2 aromatic rings. The molecule has 1 aliphatic heterocycles.